The summed E-state index contributed by atoms with van der Waals surface area (Å²) in [6.45, 7) is 0. The van der Waals surface area contributed by atoms with Crippen LogP contribution in [0, 0.1) is 0 Å². The molecule has 1 saturated heterocycles. The fraction of sp³-hybridized carbons (Fsp3) is 0.273. The lowest BCUT2D eigenvalue weighted by Gasteiger charge is -2.21. The van der Waals surface area contributed by atoms with Crippen LogP contribution >= 0.6 is 15.9 Å². The van der Waals surface area contributed by atoms with Gasteiger partial charge >= 0.3 is 15.6 Å². The Kier molecular flexibility index (Phi) is 4.66. The highest BCUT2D eigenvalue weighted by Crippen LogP contribution is 2.58. The molecule has 0 spiro atoms. The molecule has 0 radical (unpaired) electrons. The van der Waals surface area contributed by atoms with Crippen molar-refractivity contribution in [1.29, 1.82) is 0 Å². The Labute approximate surface area is 185 Å². The van der Waals surface area contributed by atoms with Gasteiger partial charge in [0.1, 0.15) is 5.75 Å². The van der Waals surface area contributed by atoms with Gasteiger partial charge in [0.2, 0.25) is 0 Å². The normalized spacial score (nSPS) is 20.9. The topological polar surface area (TPSA) is 46.6 Å². The summed E-state index contributed by atoms with van der Waals surface area (Å²) in [7, 11) is -3.83. The predicted molar refractivity (Wildman–Crippen MR) is 115 cm³/mol. The number of hydrogen-bond donors (Lipinski definition) is 0. The molecule has 4 nitrogen and oxygen atoms in total. The van der Waals surface area contributed by atoms with E-state index in [0.717, 1.165) is 44.8 Å². The van der Waals surface area contributed by atoms with E-state index in [4.69, 9.17) is 0 Å². The van der Waals surface area contributed by atoms with Crippen molar-refractivity contribution in [2.75, 3.05) is 7.05 Å². The first-order valence-electron chi connectivity index (χ1n) is 9.66. The van der Waals surface area contributed by atoms with Gasteiger partial charge in [0.25, 0.3) is 0 Å². The van der Waals surface area contributed by atoms with E-state index in [1.807, 2.05) is 43.4 Å². The van der Waals surface area contributed by atoms with Crippen LogP contribution in [0.2, 0.25) is 0 Å². The molecule has 3 aromatic rings. The van der Waals surface area contributed by atoms with E-state index in [1.165, 1.54) is 6.07 Å². The van der Waals surface area contributed by atoms with Gasteiger partial charge in [0.05, 0.1) is 0 Å². The number of benzene rings is 3. The van der Waals surface area contributed by atoms with Crippen molar-refractivity contribution < 1.29 is 25.8 Å². The second-order valence-corrected chi connectivity index (χ2v) is 10.4. The SMILES string of the molecule is CN1C2CCC1c1c(-c3ccc4cc(Br)ccc4c3)ccc(OS(=O)(=O)C(F)(F)F)c12. The summed E-state index contributed by atoms with van der Waals surface area (Å²) >= 11 is 3.46. The first kappa shape index (κ1) is 20.8. The van der Waals surface area contributed by atoms with Crippen LogP contribution in [0.1, 0.15) is 36.1 Å². The largest absolute Gasteiger partial charge is 0.534 e. The Morgan fingerprint density at radius 2 is 1.61 bits per heavy atom. The summed E-state index contributed by atoms with van der Waals surface area (Å²) in [5.74, 6) is -0.236. The van der Waals surface area contributed by atoms with Gasteiger partial charge in [-0.3, -0.25) is 4.90 Å². The first-order valence-corrected chi connectivity index (χ1v) is 11.9. The number of halogens is 4. The molecule has 2 atom stereocenters. The van der Waals surface area contributed by atoms with Crippen molar-refractivity contribution >= 4 is 36.8 Å². The molecule has 9 heteroatoms. The zero-order valence-corrected chi connectivity index (χ0v) is 18.7. The molecule has 0 aromatic heterocycles. The van der Waals surface area contributed by atoms with Crippen LogP contribution in [0.3, 0.4) is 0 Å². The summed E-state index contributed by atoms with van der Waals surface area (Å²) in [6, 6.07) is 14.8. The number of alkyl halides is 3. The first-order chi connectivity index (χ1) is 14.6. The van der Waals surface area contributed by atoms with E-state index in [2.05, 4.69) is 25.0 Å². The predicted octanol–water partition coefficient (Wildman–Crippen LogP) is 6.32. The Morgan fingerprint density at radius 3 is 2.32 bits per heavy atom. The maximum atomic E-state index is 12.9. The molecule has 2 bridgehead atoms. The summed E-state index contributed by atoms with van der Waals surface area (Å²) < 4.78 is 67.7. The summed E-state index contributed by atoms with van der Waals surface area (Å²) in [4.78, 5) is 2.08. The number of rotatable bonds is 3. The van der Waals surface area contributed by atoms with Gasteiger partial charge in [0.15, 0.2) is 0 Å². The van der Waals surface area contributed by atoms with Crippen molar-refractivity contribution in [3.8, 4) is 16.9 Å². The summed E-state index contributed by atoms with van der Waals surface area (Å²) in [5, 5.41) is 2.09. The van der Waals surface area contributed by atoms with E-state index in [9.17, 15) is 21.6 Å². The number of nitrogens with zero attached hydrogens (tertiary/aromatic N) is 1. The molecule has 31 heavy (non-hydrogen) atoms. The van der Waals surface area contributed by atoms with E-state index in [-0.39, 0.29) is 17.8 Å². The minimum absolute atomic E-state index is 0.00718. The van der Waals surface area contributed by atoms with Crippen LogP contribution in [0.5, 0.6) is 5.75 Å². The maximum Gasteiger partial charge on any atom is 0.534 e. The third-order valence-corrected chi connectivity index (χ3v) is 7.67. The van der Waals surface area contributed by atoms with Crippen molar-refractivity contribution in [3.05, 3.63) is 64.1 Å². The zero-order valence-electron chi connectivity index (χ0n) is 16.3. The van der Waals surface area contributed by atoms with Gasteiger partial charge in [0, 0.05) is 22.1 Å². The van der Waals surface area contributed by atoms with Crippen molar-refractivity contribution in [3.63, 3.8) is 0 Å². The lowest BCUT2D eigenvalue weighted by atomic mass is 9.85. The minimum Gasteiger partial charge on any atom is -0.376 e. The highest BCUT2D eigenvalue weighted by atomic mass is 79.9. The van der Waals surface area contributed by atoms with Gasteiger partial charge in [-0.05, 0) is 71.6 Å². The van der Waals surface area contributed by atoms with Gasteiger partial charge < -0.3 is 4.18 Å². The van der Waals surface area contributed by atoms with Crippen molar-refractivity contribution in [2.45, 2.75) is 30.4 Å². The third-order valence-electron chi connectivity index (χ3n) is 6.21. The average molecular weight is 512 g/mol. The molecular formula is C22H17BrF3NO3S. The molecule has 162 valence electrons. The molecule has 2 aliphatic heterocycles. The van der Waals surface area contributed by atoms with Crippen LogP contribution in [0.4, 0.5) is 13.2 Å². The maximum absolute atomic E-state index is 12.9. The van der Waals surface area contributed by atoms with Crippen molar-refractivity contribution in [2.24, 2.45) is 0 Å². The lowest BCUT2D eigenvalue weighted by Crippen LogP contribution is -2.28. The van der Waals surface area contributed by atoms with Gasteiger partial charge in [-0.2, -0.15) is 21.6 Å². The van der Waals surface area contributed by atoms with Crippen molar-refractivity contribution in [1.82, 2.24) is 4.90 Å². The Bertz CT molecular complexity index is 1320. The monoisotopic (exact) mass is 511 g/mol. The molecular weight excluding hydrogens is 495 g/mol. The van der Waals surface area contributed by atoms with E-state index < -0.39 is 15.6 Å². The molecule has 2 heterocycles. The molecule has 0 amide bonds. The van der Waals surface area contributed by atoms with Crippen LogP contribution in [0.15, 0.2) is 53.0 Å². The molecule has 0 N–H and O–H groups in total. The van der Waals surface area contributed by atoms with E-state index in [1.54, 1.807) is 6.07 Å². The highest BCUT2D eigenvalue weighted by Gasteiger charge is 2.51. The standard InChI is InChI=1S/C22H17BrF3NO3S/c1-27-17-7-8-18(27)21-19(30-31(28,29)22(24,25)26)9-6-16(20(17)21)14-3-2-13-11-15(23)5-4-12(13)10-14/h2-6,9-11,17-18H,7-8H2,1H3. The Balaban J connectivity index is 1.67. The molecule has 2 unspecified atom stereocenters. The average Bonchev–Trinajstić information content (AvgIpc) is 3.20. The van der Waals surface area contributed by atoms with Gasteiger partial charge in [-0.25, -0.2) is 0 Å². The second-order valence-electron chi connectivity index (χ2n) is 7.90. The van der Waals surface area contributed by atoms with E-state index >= 15 is 0 Å². The number of fused-ring (bicyclic) bond motifs is 6. The second kappa shape index (κ2) is 6.95. The molecule has 1 fully saturated rings. The summed E-state index contributed by atoms with van der Waals surface area (Å²) in [5.41, 5.74) is -2.27. The quantitative estimate of drug-likeness (QED) is 0.305. The smallest absolute Gasteiger partial charge is 0.376 e. The fourth-order valence-electron chi connectivity index (χ4n) is 4.83. The van der Waals surface area contributed by atoms with Gasteiger partial charge in [-0.1, -0.05) is 40.2 Å². The van der Waals surface area contributed by atoms with Gasteiger partial charge in [-0.15, -0.1) is 0 Å². The molecule has 2 aliphatic rings. The molecule has 0 saturated carbocycles. The van der Waals surface area contributed by atoms with Crippen LogP contribution in [0.25, 0.3) is 21.9 Å². The fourth-order valence-corrected chi connectivity index (χ4v) is 5.68. The Hall–Kier alpha value is -2.10. The molecule has 3 aromatic carbocycles. The lowest BCUT2D eigenvalue weighted by molar-refractivity contribution is -0.0500. The van der Waals surface area contributed by atoms with E-state index in [0.29, 0.717) is 5.56 Å². The molecule has 5 rings (SSSR count). The van der Waals surface area contributed by atoms with Crippen LogP contribution in [-0.2, 0) is 10.1 Å². The minimum atomic E-state index is -5.74. The van der Waals surface area contributed by atoms with Crippen LogP contribution in [-0.4, -0.2) is 25.9 Å². The highest BCUT2D eigenvalue weighted by molar-refractivity contribution is 9.10. The molecule has 0 aliphatic carbocycles. The zero-order chi connectivity index (χ0) is 22.1. The third kappa shape index (κ3) is 3.25. The number of hydrogen-bond acceptors (Lipinski definition) is 4. The Morgan fingerprint density at radius 1 is 0.968 bits per heavy atom. The summed E-state index contributed by atoms with van der Waals surface area (Å²) in [6.07, 6.45) is 1.60. The van der Waals surface area contributed by atoms with Crippen LogP contribution < -0.4 is 4.18 Å².